The SMILES string of the molecule is Nc1cccc(OCCS(=O)(=O)N2CC(O)C2)c1. The number of aliphatic hydroxyl groups excluding tert-OH is 1. The van der Waals surface area contributed by atoms with E-state index in [0.717, 1.165) is 0 Å². The molecule has 0 amide bonds. The Hall–Kier alpha value is -1.31. The van der Waals surface area contributed by atoms with Crippen LogP contribution in [0, 0.1) is 0 Å². The number of hydrogen-bond acceptors (Lipinski definition) is 5. The molecule has 0 radical (unpaired) electrons. The lowest BCUT2D eigenvalue weighted by Gasteiger charge is -2.34. The molecule has 0 atom stereocenters. The molecule has 1 aliphatic rings. The van der Waals surface area contributed by atoms with Crippen molar-refractivity contribution >= 4 is 15.7 Å². The van der Waals surface area contributed by atoms with Crippen LogP contribution in [0.15, 0.2) is 24.3 Å². The molecule has 18 heavy (non-hydrogen) atoms. The largest absolute Gasteiger partial charge is 0.492 e. The van der Waals surface area contributed by atoms with Crippen LogP contribution in [0.25, 0.3) is 0 Å². The Balaban J connectivity index is 1.82. The first-order valence-electron chi connectivity index (χ1n) is 5.61. The number of benzene rings is 1. The highest BCUT2D eigenvalue weighted by molar-refractivity contribution is 7.89. The molecule has 6 nitrogen and oxygen atoms in total. The molecule has 0 unspecified atom stereocenters. The summed E-state index contributed by atoms with van der Waals surface area (Å²) in [5, 5.41) is 9.06. The van der Waals surface area contributed by atoms with Gasteiger partial charge in [-0.25, -0.2) is 8.42 Å². The Kier molecular flexibility index (Phi) is 3.74. The van der Waals surface area contributed by atoms with E-state index < -0.39 is 16.1 Å². The van der Waals surface area contributed by atoms with Gasteiger partial charge >= 0.3 is 0 Å². The van der Waals surface area contributed by atoms with Gasteiger partial charge in [-0.15, -0.1) is 0 Å². The third-order valence-electron chi connectivity index (χ3n) is 2.69. The average Bonchev–Trinajstić information content (AvgIpc) is 2.24. The van der Waals surface area contributed by atoms with Crippen LogP contribution in [0.1, 0.15) is 0 Å². The van der Waals surface area contributed by atoms with Crippen molar-refractivity contribution < 1.29 is 18.3 Å². The highest BCUT2D eigenvalue weighted by Crippen LogP contribution is 2.16. The summed E-state index contributed by atoms with van der Waals surface area (Å²) in [4.78, 5) is 0. The number of anilines is 1. The van der Waals surface area contributed by atoms with Gasteiger partial charge in [-0.05, 0) is 12.1 Å². The normalized spacial score (nSPS) is 17.4. The van der Waals surface area contributed by atoms with Crippen molar-refractivity contribution in [2.45, 2.75) is 6.10 Å². The Morgan fingerprint density at radius 1 is 1.44 bits per heavy atom. The van der Waals surface area contributed by atoms with Crippen LogP contribution in [0.5, 0.6) is 5.75 Å². The van der Waals surface area contributed by atoms with Crippen LogP contribution in [-0.2, 0) is 10.0 Å². The molecular formula is C11H16N2O4S. The van der Waals surface area contributed by atoms with Crippen molar-refractivity contribution in [3.8, 4) is 5.75 Å². The summed E-state index contributed by atoms with van der Waals surface area (Å²) in [5.41, 5.74) is 6.15. The number of nitrogen functional groups attached to an aromatic ring is 1. The number of hydrogen-bond donors (Lipinski definition) is 2. The zero-order chi connectivity index (χ0) is 13.2. The summed E-state index contributed by atoms with van der Waals surface area (Å²) in [6, 6.07) is 6.83. The van der Waals surface area contributed by atoms with Crippen molar-refractivity contribution in [1.82, 2.24) is 4.31 Å². The maximum atomic E-state index is 11.7. The topological polar surface area (TPSA) is 92.9 Å². The summed E-state index contributed by atoms with van der Waals surface area (Å²) in [7, 11) is -3.32. The standard InChI is InChI=1S/C11H16N2O4S/c12-9-2-1-3-11(6-9)17-4-5-18(15,16)13-7-10(14)8-13/h1-3,6,10,14H,4-5,7-8,12H2. The quantitative estimate of drug-likeness (QED) is 0.715. The Morgan fingerprint density at radius 3 is 2.78 bits per heavy atom. The molecule has 0 spiro atoms. The molecule has 1 aliphatic heterocycles. The lowest BCUT2D eigenvalue weighted by molar-refractivity contribution is 0.0546. The lowest BCUT2D eigenvalue weighted by Crippen LogP contribution is -2.54. The van der Waals surface area contributed by atoms with Gasteiger partial charge in [-0.1, -0.05) is 6.07 Å². The Morgan fingerprint density at radius 2 is 2.17 bits per heavy atom. The number of nitrogens with two attached hydrogens (primary N) is 1. The number of β-amino-alcohol motifs (C(OH)–C–C–N with tert-alkyl or cyclic N) is 1. The second-order valence-electron chi connectivity index (χ2n) is 4.21. The van der Waals surface area contributed by atoms with Crippen molar-refractivity contribution in [3.63, 3.8) is 0 Å². The third kappa shape index (κ3) is 3.12. The highest BCUT2D eigenvalue weighted by atomic mass is 32.2. The number of sulfonamides is 1. The predicted molar refractivity (Wildman–Crippen MR) is 67.7 cm³/mol. The van der Waals surface area contributed by atoms with E-state index in [1.807, 2.05) is 0 Å². The maximum Gasteiger partial charge on any atom is 0.217 e. The van der Waals surface area contributed by atoms with E-state index in [1.165, 1.54) is 4.31 Å². The molecular weight excluding hydrogens is 256 g/mol. The molecule has 1 saturated heterocycles. The van der Waals surface area contributed by atoms with E-state index in [-0.39, 0.29) is 25.4 Å². The molecule has 7 heteroatoms. The molecule has 0 aliphatic carbocycles. The molecule has 0 saturated carbocycles. The Labute approximate surface area is 106 Å². The van der Waals surface area contributed by atoms with Gasteiger partial charge in [0.15, 0.2) is 0 Å². The minimum atomic E-state index is -3.32. The number of nitrogens with zero attached hydrogens (tertiary/aromatic N) is 1. The highest BCUT2D eigenvalue weighted by Gasteiger charge is 2.34. The molecule has 100 valence electrons. The fraction of sp³-hybridized carbons (Fsp3) is 0.455. The molecule has 0 aromatic heterocycles. The molecule has 0 bridgehead atoms. The van der Waals surface area contributed by atoms with Crippen LogP contribution < -0.4 is 10.5 Å². The molecule has 1 aromatic rings. The van der Waals surface area contributed by atoms with Crippen molar-refractivity contribution in [2.75, 3.05) is 31.2 Å². The van der Waals surface area contributed by atoms with Gasteiger partial charge in [-0.3, -0.25) is 0 Å². The van der Waals surface area contributed by atoms with Crippen LogP contribution in [0.3, 0.4) is 0 Å². The van der Waals surface area contributed by atoms with Gasteiger partial charge in [0.05, 0.1) is 11.9 Å². The second kappa shape index (κ2) is 5.13. The van der Waals surface area contributed by atoms with E-state index in [1.54, 1.807) is 24.3 Å². The van der Waals surface area contributed by atoms with Gasteiger partial charge in [0.25, 0.3) is 0 Å². The van der Waals surface area contributed by atoms with Gasteiger partial charge in [0.2, 0.25) is 10.0 Å². The van der Waals surface area contributed by atoms with Crippen LogP contribution in [-0.4, -0.2) is 49.4 Å². The van der Waals surface area contributed by atoms with Crippen molar-refractivity contribution in [2.24, 2.45) is 0 Å². The molecule has 1 heterocycles. The number of aliphatic hydroxyl groups is 1. The smallest absolute Gasteiger partial charge is 0.217 e. The van der Waals surface area contributed by atoms with Gasteiger partial charge in [0, 0.05) is 24.8 Å². The number of rotatable bonds is 5. The first-order chi connectivity index (χ1) is 8.47. The van der Waals surface area contributed by atoms with Crippen LogP contribution >= 0.6 is 0 Å². The fourth-order valence-corrected chi connectivity index (χ4v) is 2.99. The predicted octanol–water partition coefficient (Wildman–Crippen LogP) is -0.346. The van der Waals surface area contributed by atoms with Crippen LogP contribution in [0.4, 0.5) is 5.69 Å². The lowest BCUT2D eigenvalue weighted by atomic mass is 10.2. The molecule has 2 rings (SSSR count). The maximum absolute atomic E-state index is 11.7. The van der Waals surface area contributed by atoms with Crippen LogP contribution in [0.2, 0.25) is 0 Å². The summed E-state index contributed by atoms with van der Waals surface area (Å²) in [5.74, 6) is 0.447. The van der Waals surface area contributed by atoms with Gasteiger partial charge < -0.3 is 15.6 Å². The van der Waals surface area contributed by atoms with E-state index >= 15 is 0 Å². The fourth-order valence-electron chi connectivity index (χ4n) is 1.64. The zero-order valence-electron chi connectivity index (χ0n) is 9.82. The minimum absolute atomic E-state index is 0.0678. The Bertz CT molecular complexity index is 512. The van der Waals surface area contributed by atoms with Gasteiger partial charge in [0.1, 0.15) is 12.4 Å². The number of ether oxygens (including phenoxy) is 1. The summed E-state index contributed by atoms with van der Waals surface area (Å²) in [6.07, 6.45) is -0.533. The minimum Gasteiger partial charge on any atom is -0.492 e. The van der Waals surface area contributed by atoms with Crippen molar-refractivity contribution in [1.29, 1.82) is 0 Å². The van der Waals surface area contributed by atoms with E-state index in [9.17, 15) is 8.42 Å². The second-order valence-corrected chi connectivity index (χ2v) is 6.30. The summed E-state index contributed by atoms with van der Waals surface area (Å²) in [6.45, 7) is 0.430. The van der Waals surface area contributed by atoms with E-state index in [0.29, 0.717) is 11.4 Å². The monoisotopic (exact) mass is 272 g/mol. The zero-order valence-corrected chi connectivity index (χ0v) is 10.6. The first-order valence-corrected chi connectivity index (χ1v) is 7.22. The van der Waals surface area contributed by atoms with Gasteiger partial charge in [-0.2, -0.15) is 4.31 Å². The summed E-state index contributed by atoms with van der Waals surface area (Å²) >= 11 is 0. The van der Waals surface area contributed by atoms with E-state index in [2.05, 4.69) is 0 Å². The molecule has 1 fully saturated rings. The average molecular weight is 272 g/mol. The summed E-state index contributed by atoms with van der Waals surface area (Å²) < 4.78 is 30.0. The van der Waals surface area contributed by atoms with Crippen molar-refractivity contribution in [3.05, 3.63) is 24.3 Å². The third-order valence-corrected chi connectivity index (χ3v) is 4.46. The van der Waals surface area contributed by atoms with E-state index in [4.69, 9.17) is 15.6 Å². The molecule has 1 aromatic carbocycles. The molecule has 3 N–H and O–H groups in total. The first kappa shape index (κ1) is 13.1.